The molecule has 1 atom stereocenters. The number of carbonyl (C=O) groups is 1. The van der Waals surface area contributed by atoms with E-state index in [1.54, 1.807) is 20.8 Å². The summed E-state index contributed by atoms with van der Waals surface area (Å²) < 4.78 is 31.6. The van der Waals surface area contributed by atoms with Crippen LogP contribution in [0.25, 0.3) is 0 Å². The van der Waals surface area contributed by atoms with E-state index in [2.05, 4.69) is 9.50 Å². The molecule has 6 nitrogen and oxygen atoms in total. The lowest BCUT2D eigenvalue weighted by Gasteiger charge is -2.25. The summed E-state index contributed by atoms with van der Waals surface area (Å²) in [6.45, 7) is 8.87. The third-order valence-corrected chi connectivity index (χ3v) is 2.53. The normalized spacial score (nSPS) is 14.4. The van der Waals surface area contributed by atoms with Gasteiger partial charge in [0.15, 0.2) is 0 Å². The van der Waals surface area contributed by atoms with E-state index in [1.165, 1.54) is 0 Å². The molecule has 0 rings (SSSR count). The van der Waals surface area contributed by atoms with Gasteiger partial charge in [0.1, 0.15) is 5.60 Å². The second-order valence-electron chi connectivity index (χ2n) is 5.49. The molecule has 7 heteroatoms. The first-order valence-electron chi connectivity index (χ1n) is 5.74. The van der Waals surface area contributed by atoms with Gasteiger partial charge >= 0.3 is 6.09 Å². The fourth-order valence-electron chi connectivity index (χ4n) is 1.06. The summed E-state index contributed by atoms with van der Waals surface area (Å²) in [5.41, 5.74) is -0.594. The van der Waals surface area contributed by atoms with Crippen LogP contribution in [0.1, 0.15) is 34.6 Å². The third-order valence-electron chi connectivity index (χ3n) is 1.97. The first-order chi connectivity index (χ1) is 7.91. The molecule has 0 fully saturated rings. The van der Waals surface area contributed by atoms with E-state index in [4.69, 9.17) is 4.74 Å². The SMILES string of the molecule is CC(C)C(COS(C)(=O)=O)NC(=O)OC(C)(C)C. The highest BCUT2D eigenvalue weighted by Crippen LogP contribution is 2.09. The average molecular weight is 281 g/mol. The maximum Gasteiger partial charge on any atom is 0.407 e. The van der Waals surface area contributed by atoms with Crippen molar-refractivity contribution in [3.8, 4) is 0 Å². The van der Waals surface area contributed by atoms with E-state index in [0.29, 0.717) is 0 Å². The fourth-order valence-corrected chi connectivity index (χ4v) is 1.45. The Bertz CT molecular complexity index is 369. The zero-order chi connectivity index (χ0) is 14.6. The zero-order valence-corrected chi connectivity index (χ0v) is 12.6. The van der Waals surface area contributed by atoms with Crippen molar-refractivity contribution in [1.29, 1.82) is 0 Å². The molecule has 0 heterocycles. The van der Waals surface area contributed by atoms with Crippen LogP contribution >= 0.6 is 0 Å². The Labute approximate surface area is 109 Å². The van der Waals surface area contributed by atoms with Crippen LogP contribution in [-0.4, -0.2) is 39.0 Å². The fraction of sp³-hybridized carbons (Fsp3) is 0.909. The summed E-state index contributed by atoms with van der Waals surface area (Å²) in [7, 11) is -3.52. The molecule has 0 saturated carbocycles. The number of rotatable bonds is 5. The Morgan fingerprint density at radius 2 is 1.78 bits per heavy atom. The largest absolute Gasteiger partial charge is 0.444 e. The van der Waals surface area contributed by atoms with Gasteiger partial charge in [-0.1, -0.05) is 13.8 Å². The molecule has 0 aliphatic heterocycles. The van der Waals surface area contributed by atoms with Crippen LogP contribution in [0.15, 0.2) is 0 Å². The van der Waals surface area contributed by atoms with Gasteiger partial charge in [-0.2, -0.15) is 8.42 Å². The number of hydrogen-bond acceptors (Lipinski definition) is 5. The van der Waals surface area contributed by atoms with Gasteiger partial charge in [-0.05, 0) is 26.7 Å². The van der Waals surface area contributed by atoms with Gasteiger partial charge in [0.25, 0.3) is 10.1 Å². The van der Waals surface area contributed by atoms with E-state index in [-0.39, 0.29) is 12.5 Å². The molecule has 18 heavy (non-hydrogen) atoms. The topological polar surface area (TPSA) is 81.7 Å². The van der Waals surface area contributed by atoms with Crippen LogP contribution in [-0.2, 0) is 19.0 Å². The van der Waals surface area contributed by atoms with Crippen molar-refractivity contribution in [2.45, 2.75) is 46.3 Å². The van der Waals surface area contributed by atoms with Crippen LogP contribution < -0.4 is 5.32 Å². The van der Waals surface area contributed by atoms with Crippen molar-refractivity contribution in [2.24, 2.45) is 5.92 Å². The quantitative estimate of drug-likeness (QED) is 0.772. The smallest absolute Gasteiger partial charge is 0.407 e. The van der Waals surface area contributed by atoms with Crippen molar-refractivity contribution < 1.29 is 22.1 Å². The Morgan fingerprint density at radius 1 is 1.28 bits per heavy atom. The Hall–Kier alpha value is -0.820. The molecule has 0 aliphatic carbocycles. The van der Waals surface area contributed by atoms with Gasteiger partial charge in [-0.25, -0.2) is 4.79 Å². The highest BCUT2D eigenvalue weighted by molar-refractivity contribution is 7.85. The predicted octanol–water partition coefficient (Wildman–Crippen LogP) is 1.51. The summed E-state index contributed by atoms with van der Waals surface area (Å²) in [5, 5.41) is 2.59. The number of nitrogens with one attached hydrogen (secondary N) is 1. The molecule has 108 valence electrons. The number of hydrogen-bond donors (Lipinski definition) is 1. The second-order valence-corrected chi connectivity index (χ2v) is 7.13. The second kappa shape index (κ2) is 6.38. The van der Waals surface area contributed by atoms with Crippen molar-refractivity contribution >= 4 is 16.2 Å². The molecule has 1 N–H and O–H groups in total. The minimum atomic E-state index is -3.52. The predicted molar refractivity (Wildman–Crippen MR) is 68.8 cm³/mol. The monoisotopic (exact) mass is 281 g/mol. The van der Waals surface area contributed by atoms with E-state index >= 15 is 0 Å². The molecule has 0 aromatic rings. The van der Waals surface area contributed by atoms with Crippen molar-refractivity contribution in [1.82, 2.24) is 5.32 Å². The molecule has 0 saturated heterocycles. The van der Waals surface area contributed by atoms with Crippen LogP contribution in [0, 0.1) is 5.92 Å². The standard InChI is InChI=1S/C11H23NO5S/c1-8(2)9(7-16-18(6,14)15)12-10(13)17-11(3,4)5/h8-9H,7H2,1-6H3,(H,12,13). The van der Waals surface area contributed by atoms with Gasteiger partial charge < -0.3 is 10.1 Å². The third kappa shape index (κ3) is 9.23. The van der Waals surface area contributed by atoms with Gasteiger partial charge in [0, 0.05) is 0 Å². The number of carbonyl (C=O) groups excluding carboxylic acids is 1. The Balaban J connectivity index is 4.41. The molecule has 0 radical (unpaired) electrons. The maximum atomic E-state index is 11.6. The maximum absolute atomic E-state index is 11.6. The lowest BCUT2D eigenvalue weighted by molar-refractivity contribution is 0.0469. The molecule has 0 aromatic carbocycles. The molecule has 1 amide bonds. The Morgan fingerprint density at radius 3 is 2.11 bits per heavy atom. The first-order valence-corrected chi connectivity index (χ1v) is 7.56. The van der Waals surface area contributed by atoms with Crippen LogP contribution in [0.4, 0.5) is 4.79 Å². The molecule has 0 bridgehead atoms. The summed E-state index contributed by atoms with van der Waals surface area (Å²) in [6, 6.07) is -0.422. The average Bonchev–Trinajstić information content (AvgIpc) is 2.06. The number of ether oxygens (including phenoxy) is 1. The zero-order valence-electron chi connectivity index (χ0n) is 11.8. The van der Waals surface area contributed by atoms with Crippen molar-refractivity contribution in [3.63, 3.8) is 0 Å². The van der Waals surface area contributed by atoms with Crippen molar-refractivity contribution in [3.05, 3.63) is 0 Å². The Kier molecular flexibility index (Phi) is 6.09. The van der Waals surface area contributed by atoms with Gasteiger partial charge in [0.05, 0.1) is 18.9 Å². The highest BCUT2D eigenvalue weighted by atomic mass is 32.2. The van der Waals surface area contributed by atoms with Crippen LogP contribution in [0.3, 0.4) is 0 Å². The molecule has 0 aromatic heterocycles. The lowest BCUT2D eigenvalue weighted by Crippen LogP contribution is -2.44. The first kappa shape index (κ1) is 17.2. The molecule has 0 aliphatic rings. The number of alkyl carbamates (subject to hydrolysis) is 1. The van der Waals surface area contributed by atoms with E-state index in [1.807, 2.05) is 13.8 Å². The van der Waals surface area contributed by atoms with Crippen LogP contribution in [0.2, 0.25) is 0 Å². The highest BCUT2D eigenvalue weighted by Gasteiger charge is 2.22. The minimum absolute atomic E-state index is 0.0271. The lowest BCUT2D eigenvalue weighted by atomic mass is 10.1. The van der Waals surface area contributed by atoms with Crippen LogP contribution in [0.5, 0.6) is 0 Å². The molecule has 0 spiro atoms. The number of amides is 1. The summed E-state index contributed by atoms with van der Waals surface area (Å²) >= 11 is 0. The van der Waals surface area contributed by atoms with Gasteiger partial charge in [0.2, 0.25) is 0 Å². The van der Waals surface area contributed by atoms with E-state index in [9.17, 15) is 13.2 Å². The minimum Gasteiger partial charge on any atom is -0.444 e. The molecular formula is C11H23NO5S. The summed E-state index contributed by atoms with van der Waals surface area (Å²) in [6.07, 6.45) is 0.385. The van der Waals surface area contributed by atoms with E-state index in [0.717, 1.165) is 6.26 Å². The molecular weight excluding hydrogens is 258 g/mol. The van der Waals surface area contributed by atoms with Gasteiger partial charge in [-0.3, -0.25) is 4.18 Å². The summed E-state index contributed by atoms with van der Waals surface area (Å²) in [4.78, 5) is 11.6. The van der Waals surface area contributed by atoms with Crippen molar-refractivity contribution in [2.75, 3.05) is 12.9 Å². The van der Waals surface area contributed by atoms with Gasteiger partial charge in [-0.15, -0.1) is 0 Å². The molecule has 1 unspecified atom stereocenters. The summed E-state index contributed by atoms with van der Waals surface area (Å²) in [5.74, 6) is 0.0271. The van der Waals surface area contributed by atoms with E-state index < -0.39 is 27.9 Å².